The minimum Gasteiger partial charge on any atom is -0.494 e. The second-order valence-electron chi connectivity index (χ2n) is 9.06. The third-order valence-electron chi connectivity index (χ3n) is 6.44. The lowest BCUT2D eigenvalue weighted by atomic mass is 10.0. The zero-order chi connectivity index (χ0) is 24.8. The molecule has 0 atom stereocenters. The number of nitrogens with zero attached hydrogens (tertiary/aromatic N) is 3. The van der Waals surface area contributed by atoms with E-state index in [1.165, 1.54) is 0 Å². The number of rotatable bonds is 9. The zero-order valence-corrected chi connectivity index (χ0v) is 22.4. The second kappa shape index (κ2) is 11.5. The summed E-state index contributed by atoms with van der Waals surface area (Å²) in [4.78, 5) is 6.18. The molecule has 6 nitrogen and oxygen atoms in total. The van der Waals surface area contributed by atoms with E-state index in [4.69, 9.17) is 9.73 Å². The van der Waals surface area contributed by atoms with E-state index in [-0.39, 0.29) is 0 Å². The van der Waals surface area contributed by atoms with Gasteiger partial charge < -0.3 is 9.30 Å². The average molecular weight is 514 g/mol. The van der Waals surface area contributed by atoms with Gasteiger partial charge in [0.1, 0.15) is 5.75 Å². The van der Waals surface area contributed by atoms with Crippen molar-refractivity contribution in [1.82, 2.24) is 8.87 Å². The fourth-order valence-electron chi connectivity index (χ4n) is 4.25. The molecule has 1 saturated heterocycles. The van der Waals surface area contributed by atoms with E-state index in [1.807, 2.05) is 43.3 Å². The molecule has 2 aromatic carbocycles. The van der Waals surface area contributed by atoms with Crippen molar-refractivity contribution in [3.63, 3.8) is 0 Å². The minimum absolute atomic E-state index is 0.366. The van der Waals surface area contributed by atoms with Crippen LogP contribution in [0.5, 0.6) is 5.75 Å². The molecule has 3 aromatic rings. The number of ether oxygens (including phenoxy) is 1. The summed E-state index contributed by atoms with van der Waals surface area (Å²) >= 11 is 1.60. The normalized spacial score (nSPS) is 16.0. The Morgan fingerprint density at radius 2 is 1.71 bits per heavy atom. The molecule has 1 aliphatic rings. The van der Waals surface area contributed by atoms with Crippen LogP contribution in [0.4, 0.5) is 5.69 Å². The predicted molar refractivity (Wildman–Crippen MR) is 143 cm³/mol. The fraction of sp³-hybridized carbons (Fsp3) is 0.444. The maximum Gasteiger partial charge on any atom is 0.243 e. The van der Waals surface area contributed by atoms with Gasteiger partial charge in [0.25, 0.3) is 0 Å². The van der Waals surface area contributed by atoms with Gasteiger partial charge in [0.2, 0.25) is 10.0 Å². The molecule has 2 heterocycles. The molecular weight excluding hydrogens is 478 g/mol. The van der Waals surface area contributed by atoms with Gasteiger partial charge in [-0.1, -0.05) is 32.4 Å². The summed E-state index contributed by atoms with van der Waals surface area (Å²) in [7, 11) is -3.45. The monoisotopic (exact) mass is 513 g/mol. The van der Waals surface area contributed by atoms with Crippen LogP contribution in [0, 0.1) is 5.92 Å². The molecule has 0 unspecified atom stereocenters. The van der Waals surface area contributed by atoms with E-state index in [0.29, 0.717) is 30.5 Å². The van der Waals surface area contributed by atoms with Gasteiger partial charge in [0, 0.05) is 25.0 Å². The van der Waals surface area contributed by atoms with Crippen molar-refractivity contribution in [2.75, 3.05) is 19.7 Å². The van der Waals surface area contributed by atoms with Gasteiger partial charge in [0.05, 0.1) is 22.9 Å². The summed E-state index contributed by atoms with van der Waals surface area (Å²) in [6, 6.07) is 15.1. The molecule has 35 heavy (non-hydrogen) atoms. The van der Waals surface area contributed by atoms with E-state index in [2.05, 4.69) is 23.8 Å². The van der Waals surface area contributed by atoms with Gasteiger partial charge in [-0.05, 0) is 74.1 Å². The predicted octanol–water partition coefficient (Wildman–Crippen LogP) is 6.07. The summed E-state index contributed by atoms with van der Waals surface area (Å²) < 4.78 is 35.6. The van der Waals surface area contributed by atoms with E-state index in [9.17, 15) is 8.42 Å². The highest BCUT2D eigenvalue weighted by Gasteiger charge is 2.28. The summed E-state index contributed by atoms with van der Waals surface area (Å²) in [6.07, 6.45) is 3.96. The number of unbranched alkanes of at least 4 members (excludes halogenated alkanes) is 1. The maximum atomic E-state index is 13.1. The van der Waals surface area contributed by atoms with Gasteiger partial charge >= 0.3 is 0 Å². The number of hydrogen-bond donors (Lipinski definition) is 0. The summed E-state index contributed by atoms with van der Waals surface area (Å²) in [6.45, 7) is 9.03. The molecule has 1 aromatic heterocycles. The Hall–Kier alpha value is -2.42. The van der Waals surface area contributed by atoms with Crippen molar-refractivity contribution in [2.24, 2.45) is 10.9 Å². The first kappa shape index (κ1) is 25.7. The van der Waals surface area contributed by atoms with Crippen LogP contribution in [-0.2, 0) is 16.6 Å². The van der Waals surface area contributed by atoms with Crippen LogP contribution in [0.2, 0.25) is 0 Å². The van der Waals surface area contributed by atoms with E-state index in [0.717, 1.165) is 59.7 Å². The van der Waals surface area contributed by atoms with E-state index in [1.54, 1.807) is 27.8 Å². The first-order chi connectivity index (χ1) is 16.9. The van der Waals surface area contributed by atoms with Gasteiger partial charge in [-0.15, -0.1) is 11.3 Å². The minimum atomic E-state index is -3.45. The highest BCUT2D eigenvalue weighted by Crippen LogP contribution is 2.27. The molecule has 0 bridgehead atoms. The lowest BCUT2D eigenvalue weighted by Gasteiger charge is -2.29. The Balaban J connectivity index is 1.62. The topological polar surface area (TPSA) is 63.9 Å². The standard InChI is InChI=1S/C27H35N3O3S2/c1-4-6-17-30-26(20-34-27(30)28-23-9-11-24(12-10-23)33-5-2)22-7-13-25(14-8-22)35(31,32)29-18-15-21(3)16-19-29/h7-14,20-21H,4-6,15-19H2,1-3H3. The Morgan fingerprint density at radius 1 is 1.03 bits per heavy atom. The van der Waals surface area contributed by atoms with Crippen LogP contribution >= 0.6 is 11.3 Å². The van der Waals surface area contributed by atoms with Gasteiger partial charge in [-0.2, -0.15) is 4.31 Å². The SMILES string of the molecule is CCCCn1c(-c2ccc(S(=O)(=O)N3CCC(C)CC3)cc2)csc1=Nc1ccc(OCC)cc1. The van der Waals surface area contributed by atoms with Crippen molar-refractivity contribution < 1.29 is 13.2 Å². The molecule has 0 radical (unpaired) electrons. The smallest absolute Gasteiger partial charge is 0.243 e. The Morgan fingerprint density at radius 3 is 2.34 bits per heavy atom. The third-order valence-corrected chi connectivity index (χ3v) is 9.21. The Labute approximate surface area is 213 Å². The molecule has 0 spiro atoms. The molecule has 0 amide bonds. The van der Waals surface area contributed by atoms with Crippen LogP contribution < -0.4 is 9.54 Å². The molecule has 0 saturated carbocycles. The molecule has 0 aliphatic carbocycles. The van der Waals surface area contributed by atoms with Gasteiger partial charge in [0.15, 0.2) is 4.80 Å². The quantitative estimate of drug-likeness (QED) is 0.349. The summed E-state index contributed by atoms with van der Waals surface area (Å²) in [5.74, 6) is 1.43. The average Bonchev–Trinajstić information content (AvgIpc) is 3.26. The number of sulfonamides is 1. The van der Waals surface area contributed by atoms with Crippen molar-refractivity contribution in [2.45, 2.75) is 57.9 Å². The van der Waals surface area contributed by atoms with E-state index < -0.39 is 10.0 Å². The Kier molecular flexibility index (Phi) is 8.46. The van der Waals surface area contributed by atoms with Gasteiger partial charge in [-0.25, -0.2) is 13.4 Å². The first-order valence-corrected chi connectivity index (χ1v) is 14.8. The van der Waals surface area contributed by atoms with Crippen molar-refractivity contribution in [1.29, 1.82) is 0 Å². The van der Waals surface area contributed by atoms with Crippen LogP contribution in [0.15, 0.2) is 63.8 Å². The van der Waals surface area contributed by atoms with Crippen molar-refractivity contribution in [3.05, 3.63) is 58.7 Å². The fourth-order valence-corrected chi connectivity index (χ4v) is 6.67. The lowest BCUT2D eigenvalue weighted by molar-refractivity contribution is 0.288. The highest BCUT2D eigenvalue weighted by molar-refractivity contribution is 7.89. The number of thiazole rings is 1. The molecule has 0 N–H and O–H groups in total. The Bertz CT molecular complexity index is 1270. The number of hydrogen-bond acceptors (Lipinski definition) is 5. The number of piperidine rings is 1. The molecule has 1 aliphatic heterocycles. The van der Waals surface area contributed by atoms with Gasteiger partial charge in [-0.3, -0.25) is 0 Å². The summed E-state index contributed by atoms with van der Waals surface area (Å²) in [5, 5.41) is 2.11. The molecule has 8 heteroatoms. The van der Waals surface area contributed by atoms with Crippen LogP contribution in [-0.4, -0.2) is 37.0 Å². The zero-order valence-electron chi connectivity index (χ0n) is 20.8. The molecule has 188 valence electrons. The van der Waals surface area contributed by atoms with E-state index >= 15 is 0 Å². The number of benzene rings is 2. The van der Waals surface area contributed by atoms with Crippen molar-refractivity contribution >= 4 is 27.0 Å². The number of aromatic nitrogens is 1. The third kappa shape index (κ3) is 6.05. The van der Waals surface area contributed by atoms with Crippen LogP contribution in [0.1, 0.15) is 46.5 Å². The highest BCUT2D eigenvalue weighted by atomic mass is 32.2. The second-order valence-corrected chi connectivity index (χ2v) is 11.8. The summed E-state index contributed by atoms with van der Waals surface area (Å²) in [5.41, 5.74) is 2.94. The molecule has 4 rings (SSSR count). The lowest BCUT2D eigenvalue weighted by Crippen LogP contribution is -2.37. The molecule has 1 fully saturated rings. The maximum absolute atomic E-state index is 13.1. The van der Waals surface area contributed by atoms with Crippen molar-refractivity contribution in [3.8, 4) is 17.0 Å². The molecular formula is C27H35N3O3S2. The van der Waals surface area contributed by atoms with Crippen LogP contribution in [0.3, 0.4) is 0 Å². The largest absolute Gasteiger partial charge is 0.494 e. The van der Waals surface area contributed by atoms with Crippen LogP contribution in [0.25, 0.3) is 11.3 Å². The first-order valence-electron chi connectivity index (χ1n) is 12.5.